The van der Waals surface area contributed by atoms with Crippen molar-refractivity contribution in [3.8, 4) is 0 Å². The molecule has 0 aromatic heterocycles. The fourth-order valence-corrected chi connectivity index (χ4v) is 1.95. The molecule has 21 heavy (non-hydrogen) atoms. The summed E-state index contributed by atoms with van der Waals surface area (Å²) in [6.07, 6.45) is 0. The third kappa shape index (κ3) is 4.02. The fourth-order valence-electron chi connectivity index (χ4n) is 1.95. The van der Waals surface area contributed by atoms with E-state index in [1.54, 1.807) is 13.0 Å². The Hall–Kier alpha value is -2.43. The second kappa shape index (κ2) is 6.35. The molecule has 0 heterocycles. The van der Waals surface area contributed by atoms with Gasteiger partial charge in [0.25, 0.3) is 0 Å². The fraction of sp³-hybridized carbons (Fsp3) is 0.188. The smallest absolute Gasteiger partial charge is 0.319 e. The molecular formula is C16H16F2N2O. The lowest BCUT2D eigenvalue weighted by atomic mass is 10.1. The summed E-state index contributed by atoms with van der Waals surface area (Å²) in [5.41, 5.74) is 2.19. The Balaban J connectivity index is 2.00. The molecule has 0 spiro atoms. The zero-order valence-corrected chi connectivity index (χ0v) is 11.8. The highest BCUT2D eigenvalue weighted by Gasteiger charge is 2.12. The van der Waals surface area contributed by atoms with Crippen molar-refractivity contribution in [2.45, 2.75) is 19.9 Å². The van der Waals surface area contributed by atoms with E-state index in [0.717, 1.165) is 17.7 Å². The molecular weight excluding hydrogens is 274 g/mol. The number of hydrogen-bond donors (Lipinski definition) is 2. The van der Waals surface area contributed by atoms with Crippen molar-refractivity contribution in [3.63, 3.8) is 0 Å². The Morgan fingerprint density at radius 3 is 2.52 bits per heavy atom. The second-order valence-electron chi connectivity index (χ2n) is 4.86. The first-order valence-electron chi connectivity index (χ1n) is 6.55. The van der Waals surface area contributed by atoms with Gasteiger partial charge in [0.15, 0.2) is 11.6 Å². The van der Waals surface area contributed by atoms with E-state index in [0.29, 0.717) is 11.3 Å². The number of urea groups is 1. The Kier molecular flexibility index (Phi) is 4.52. The van der Waals surface area contributed by atoms with Gasteiger partial charge in [0, 0.05) is 5.69 Å². The van der Waals surface area contributed by atoms with Gasteiger partial charge in [0.2, 0.25) is 0 Å². The molecule has 1 unspecified atom stereocenters. The molecule has 0 saturated heterocycles. The van der Waals surface area contributed by atoms with E-state index in [9.17, 15) is 13.6 Å². The van der Waals surface area contributed by atoms with Gasteiger partial charge in [-0.25, -0.2) is 13.6 Å². The first kappa shape index (κ1) is 15.0. The van der Waals surface area contributed by atoms with E-state index in [4.69, 9.17) is 0 Å². The summed E-state index contributed by atoms with van der Waals surface area (Å²) in [5.74, 6) is -1.84. The van der Waals surface area contributed by atoms with Gasteiger partial charge < -0.3 is 10.6 Å². The van der Waals surface area contributed by atoms with Crippen LogP contribution < -0.4 is 10.6 Å². The SMILES string of the molecule is Cc1cccc(NC(=O)NC(C)c2ccc(F)c(F)c2)c1. The van der Waals surface area contributed by atoms with E-state index in [1.807, 2.05) is 25.1 Å². The van der Waals surface area contributed by atoms with Crippen LogP contribution in [0.3, 0.4) is 0 Å². The molecule has 2 amide bonds. The minimum Gasteiger partial charge on any atom is -0.331 e. The predicted molar refractivity (Wildman–Crippen MR) is 78.1 cm³/mol. The Labute approximate surface area is 122 Å². The molecule has 1 atom stereocenters. The Morgan fingerprint density at radius 1 is 1.10 bits per heavy atom. The van der Waals surface area contributed by atoms with Crippen molar-refractivity contribution in [1.29, 1.82) is 0 Å². The van der Waals surface area contributed by atoms with Crippen molar-refractivity contribution < 1.29 is 13.6 Å². The van der Waals surface area contributed by atoms with Crippen LogP contribution in [0, 0.1) is 18.6 Å². The number of carbonyl (C=O) groups excluding carboxylic acids is 1. The molecule has 0 radical (unpaired) electrons. The maximum atomic E-state index is 13.2. The van der Waals surface area contributed by atoms with E-state index in [-0.39, 0.29) is 0 Å². The lowest BCUT2D eigenvalue weighted by molar-refractivity contribution is 0.249. The van der Waals surface area contributed by atoms with Crippen LogP contribution in [0.25, 0.3) is 0 Å². The highest BCUT2D eigenvalue weighted by Crippen LogP contribution is 2.16. The van der Waals surface area contributed by atoms with Crippen LogP contribution in [0.4, 0.5) is 19.3 Å². The van der Waals surface area contributed by atoms with E-state index in [2.05, 4.69) is 10.6 Å². The summed E-state index contributed by atoms with van der Waals surface area (Å²) >= 11 is 0. The van der Waals surface area contributed by atoms with Gasteiger partial charge in [-0.1, -0.05) is 18.2 Å². The van der Waals surface area contributed by atoms with Crippen LogP contribution in [0.1, 0.15) is 24.1 Å². The standard InChI is InChI=1S/C16H16F2N2O/c1-10-4-3-5-13(8-10)20-16(21)19-11(2)12-6-7-14(17)15(18)9-12/h3-9,11H,1-2H3,(H2,19,20,21). The Morgan fingerprint density at radius 2 is 1.86 bits per heavy atom. The topological polar surface area (TPSA) is 41.1 Å². The van der Waals surface area contributed by atoms with E-state index in [1.165, 1.54) is 6.07 Å². The number of anilines is 1. The molecule has 0 aliphatic rings. The molecule has 2 aromatic carbocycles. The van der Waals surface area contributed by atoms with Crippen molar-refractivity contribution in [3.05, 3.63) is 65.2 Å². The van der Waals surface area contributed by atoms with Crippen LogP contribution in [0.5, 0.6) is 0 Å². The van der Waals surface area contributed by atoms with Gasteiger partial charge in [-0.05, 0) is 49.2 Å². The molecule has 0 saturated carbocycles. The Bertz CT molecular complexity index is 658. The monoisotopic (exact) mass is 290 g/mol. The minimum atomic E-state index is -0.930. The maximum absolute atomic E-state index is 13.2. The van der Waals surface area contributed by atoms with E-state index < -0.39 is 23.7 Å². The number of carbonyl (C=O) groups is 1. The summed E-state index contributed by atoms with van der Waals surface area (Å²) in [6.45, 7) is 3.62. The summed E-state index contributed by atoms with van der Waals surface area (Å²) in [4.78, 5) is 11.9. The molecule has 0 aliphatic heterocycles. The van der Waals surface area contributed by atoms with Gasteiger partial charge >= 0.3 is 6.03 Å². The number of hydrogen-bond acceptors (Lipinski definition) is 1. The van der Waals surface area contributed by atoms with E-state index >= 15 is 0 Å². The lowest BCUT2D eigenvalue weighted by Gasteiger charge is -2.15. The van der Waals surface area contributed by atoms with Gasteiger partial charge in [-0.3, -0.25) is 0 Å². The zero-order chi connectivity index (χ0) is 15.4. The highest BCUT2D eigenvalue weighted by molar-refractivity contribution is 5.89. The first-order valence-corrected chi connectivity index (χ1v) is 6.55. The number of halogens is 2. The summed E-state index contributed by atoms with van der Waals surface area (Å²) in [5, 5.41) is 5.36. The maximum Gasteiger partial charge on any atom is 0.319 e. The average Bonchev–Trinajstić information content (AvgIpc) is 2.41. The zero-order valence-electron chi connectivity index (χ0n) is 11.8. The van der Waals surface area contributed by atoms with Gasteiger partial charge in [0.1, 0.15) is 0 Å². The summed E-state index contributed by atoms with van der Waals surface area (Å²) < 4.78 is 26.0. The molecule has 0 aliphatic carbocycles. The van der Waals surface area contributed by atoms with Gasteiger partial charge in [-0.15, -0.1) is 0 Å². The molecule has 2 N–H and O–H groups in total. The number of benzene rings is 2. The third-order valence-electron chi connectivity index (χ3n) is 3.07. The number of nitrogens with one attached hydrogen (secondary N) is 2. The van der Waals surface area contributed by atoms with Gasteiger partial charge in [0.05, 0.1) is 6.04 Å². The average molecular weight is 290 g/mol. The van der Waals surface area contributed by atoms with Crippen LogP contribution in [0.15, 0.2) is 42.5 Å². The van der Waals surface area contributed by atoms with Crippen LogP contribution in [-0.2, 0) is 0 Å². The molecule has 2 aromatic rings. The highest BCUT2D eigenvalue weighted by atomic mass is 19.2. The normalized spacial score (nSPS) is 11.8. The first-order chi connectivity index (χ1) is 9.95. The number of aryl methyl sites for hydroxylation is 1. The molecule has 0 fully saturated rings. The number of amides is 2. The second-order valence-corrected chi connectivity index (χ2v) is 4.86. The number of rotatable bonds is 3. The third-order valence-corrected chi connectivity index (χ3v) is 3.07. The quantitative estimate of drug-likeness (QED) is 0.875. The van der Waals surface area contributed by atoms with Crippen LogP contribution in [0.2, 0.25) is 0 Å². The lowest BCUT2D eigenvalue weighted by Crippen LogP contribution is -2.31. The molecule has 2 rings (SSSR count). The minimum absolute atomic E-state index is 0.405. The predicted octanol–water partition coefficient (Wildman–Crippen LogP) is 4.16. The van der Waals surface area contributed by atoms with Crippen LogP contribution in [-0.4, -0.2) is 6.03 Å². The van der Waals surface area contributed by atoms with Crippen molar-refractivity contribution in [2.24, 2.45) is 0 Å². The largest absolute Gasteiger partial charge is 0.331 e. The molecule has 0 bridgehead atoms. The van der Waals surface area contributed by atoms with Crippen molar-refractivity contribution in [2.75, 3.05) is 5.32 Å². The molecule has 3 nitrogen and oxygen atoms in total. The molecule has 5 heteroatoms. The van der Waals surface area contributed by atoms with Crippen LogP contribution >= 0.6 is 0 Å². The summed E-state index contributed by atoms with van der Waals surface area (Å²) in [6, 6.07) is 10.1. The molecule has 110 valence electrons. The van der Waals surface area contributed by atoms with Crippen molar-refractivity contribution in [1.82, 2.24) is 5.32 Å². The van der Waals surface area contributed by atoms with Gasteiger partial charge in [-0.2, -0.15) is 0 Å². The summed E-state index contributed by atoms with van der Waals surface area (Å²) in [7, 11) is 0. The van der Waals surface area contributed by atoms with Crippen molar-refractivity contribution >= 4 is 11.7 Å².